The number of hydrogen-bond acceptors (Lipinski definition) is 9. The Bertz CT molecular complexity index is 1530. The maximum atomic E-state index is 12.8. The average Bonchev–Trinajstić information content (AvgIpc) is 3.03. The van der Waals surface area contributed by atoms with E-state index in [1.807, 2.05) is 30.3 Å². The lowest BCUT2D eigenvalue weighted by atomic mass is 10.1. The summed E-state index contributed by atoms with van der Waals surface area (Å²) in [6.45, 7) is 1.13. The molecule has 2 aromatic carbocycles. The first-order chi connectivity index (χ1) is 15.3. The van der Waals surface area contributed by atoms with Crippen LogP contribution in [0.5, 0.6) is 5.75 Å². The Morgan fingerprint density at radius 2 is 1.97 bits per heavy atom. The SMILES string of the molecule is CC(=O)Oc1cc(C=c2sc3nc(=O)c(Cc4ccccc4)nn3c2=O)ccc1[N+](=O)[O-]. The van der Waals surface area contributed by atoms with Crippen LogP contribution in [0.2, 0.25) is 0 Å². The molecule has 0 unspecified atom stereocenters. The third-order valence-corrected chi connectivity index (χ3v) is 5.36. The van der Waals surface area contributed by atoms with E-state index in [-0.39, 0.29) is 33.0 Å². The van der Waals surface area contributed by atoms with Crippen LogP contribution in [0.1, 0.15) is 23.7 Å². The Balaban J connectivity index is 1.79. The first-order valence-corrected chi connectivity index (χ1v) is 10.1. The zero-order chi connectivity index (χ0) is 22.8. The standard InChI is InChI=1S/C21H14N4O6S/c1-12(26)31-17-10-14(7-8-16(17)25(29)30)11-18-20(28)24-21(32-18)22-19(27)15(23-24)9-13-5-3-2-4-6-13/h2-8,10-11H,9H2,1H3. The van der Waals surface area contributed by atoms with E-state index in [1.165, 1.54) is 24.3 Å². The van der Waals surface area contributed by atoms with Crippen molar-refractivity contribution in [2.45, 2.75) is 13.3 Å². The fraction of sp³-hybridized carbons (Fsp3) is 0.0952. The molecule has 0 saturated heterocycles. The minimum absolute atomic E-state index is 0.130. The quantitative estimate of drug-likeness (QED) is 0.193. The first kappa shape index (κ1) is 21.0. The second-order valence-electron chi connectivity index (χ2n) is 6.71. The van der Waals surface area contributed by atoms with Gasteiger partial charge >= 0.3 is 11.7 Å². The average molecular weight is 450 g/mol. The molecule has 0 radical (unpaired) electrons. The van der Waals surface area contributed by atoms with Gasteiger partial charge in [0.2, 0.25) is 10.7 Å². The number of nitrogens with zero attached hydrogens (tertiary/aromatic N) is 4. The predicted molar refractivity (Wildman–Crippen MR) is 116 cm³/mol. The van der Waals surface area contributed by atoms with E-state index in [0.29, 0.717) is 5.56 Å². The molecule has 0 atom stereocenters. The molecule has 0 N–H and O–H groups in total. The predicted octanol–water partition coefficient (Wildman–Crippen LogP) is 1.48. The van der Waals surface area contributed by atoms with Gasteiger partial charge in [-0.1, -0.05) is 41.7 Å². The van der Waals surface area contributed by atoms with Crippen molar-refractivity contribution in [3.63, 3.8) is 0 Å². The number of thiazole rings is 1. The maximum absolute atomic E-state index is 12.8. The Morgan fingerprint density at radius 1 is 1.22 bits per heavy atom. The van der Waals surface area contributed by atoms with Gasteiger partial charge in [0, 0.05) is 19.4 Å². The first-order valence-electron chi connectivity index (χ1n) is 9.27. The number of fused-ring (bicyclic) bond motifs is 1. The van der Waals surface area contributed by atoms with Crippen LogP contribution in [0.3, 0.4) is 0 Å². The zero-order valence-electron chi connectivity index (χ0n) is 16.5. The number of hydrogen-bond donors (Lipinski definition) is 0. The molecule has 11 heteroatoms. The number of carbonyl (C=O) groups excluding carboxylic acids is 1. The Kier molecular flexibility index (Phi) is 5.56. The van der Waals surface area contributed by atoms with Gasteiger partial charge in [0.1, 0.15) is 5.69 Å². The third-order valence-electron chi connectivity index (χ3n) is 4.40. The van der Waals surface area contributed by atoms with Crippen LogP contribution in [0.15, 0.2) is 58.1 Å². The highest BCUT2D eigenvalue weighted by Crippen LogP contribution is 2.28. The summed E-state index contributed by atoms with van der Waals surface area (Å²) in [5.41, 5.74) is 0.00594. The van der Waals surface area contributed by atoms with Crippen LogP contribution < -0.4 is 20.4 Å². The van der Waals surface area contributed by atoms with Gasteiger partial charge in [0.25, 0.3) is 11.1 Å². The Hall–Kier alpha value is -4.25. The number of nitro benzene ring substituents is 1. The number of nitro groups is 1. The molecule has 0 spiro atoms. The summed E-state index contributed by atoms with van der Waals surface area (Å²) in [6.07, 6.45) is 1.69. The molecule has 0 aliphatic heterocycles. The van der Waals surface area contributed by atoms with Crippen molar-refractivity contribution < 1.29 is 14.5 Å². The second kappa shape index (κ2) is 8.47. The number of esters is 1. The smallest absolute Gasteiger partial charge is 0.311 e. The summed E-state index contributed by atoms with van der Waals surface area (Å²) >= 11 is 0.958. The molecule has 2 aromatic heterocycles. The van der Waals surface area contributed by atoms with E-state index >= 15 is 0 Å². The Labute approximate surface area is 183 Å². The van der Waals surface area contributed by atoms with E-state index in [4.69, 9.17) is 4.74 Å². The summed E-state index contributed by atoms with van der Waals surface area (Å²) in [5, 5.41) is 15.3. The molecule has 0 aliphatic rings. The molecular formula is C21H14N4O6S. The lowest BCUT2D eigenvalue weighted by Gasteiger charge is -2.03. The van der Waals surface area contributed by atoms with E-state index in [2.05, 4.69) is 10.1 Å². The molecule has 0 fully saturated rings. The van der Waals surface area contributed by atoms with Gasteiger partial charge in [-0.05, 0) is 29.3 Å². The monoisotopic (exact) mass is 450 g/mol. The number of rotatable bonds is 5. The van der Waals surface area contributed by atoms with Crippen LogP contribution in [0.4, 0.5) is 5.69 Å². The topological polar surface area (TPSA) is 134 Å². The Morgan fingerprint density at radius 3 is 2.66 bits per heavy atom. The van der Waals surface area contributed by atoms with Gasteiger partial charge in [0.05, 0.1) is 9.46 Å². The van der Waals surface area contributed by atoms with Crippen molar-refractivity contribution in [1.29, 1.82) is 0 Å². The van der Waals surface area contributed by atoms with Crippen molar-refractivity contribution in [3.05, 3.63) is 101 Å². The molecule has 0 bridgehead atoms. The molecule has 4 aromatic rings. The van der Waals surface area contributed by atoms with Crippen molar-refractivity contribution in [1.82, 2.24) is 14.6 Å². The van der Waals surface area contributed by atoms with Gasteiger partial charge < -0.3 is 4.74 Å². The zero-order valence-corrected chi connectivity index (χ0v) is 17.4. The number of ether oxygens (including phenoxy) is 1. The van der Waals surface area contributed by atoms with Crippen molar-refractivity contribution in [2.75, 3.05) is 0 Å². The summed E-state index contributed by atoms with van der Waals surface area (Å²) in [4.78, 5) is 51.0. The van der Waals surface area contributed by atoms with E-state index in [1.54, 1.807) is 0 Å². The van der Waals surface area contributed by atoms with Gasteiger partial charge in [-0.2, -0.15) is 14.6 Å². The molecule has 0 aliphatic carbocycles. The van der Waals surface area contributed by atoms with Crippen molar-refractivity contribution in [3.8, 4) is 5.75 Å². The van der Waals surface area contributed by atoms with Gasteiger partial charge in [-0.25, -0.2) is 0 Å². The van der Waals surface area contributed by atoms with Gasteiger partial charge in [0.15, 0.2) is 0 Å². The number of aromatic nitrogens is 3. The van der Waals surface area contributed by atoms with Crippen LogP contribution in [0.25, 0.3) is 11.0 Å². The molecule has 160 valence electrons. The second-order valence-corrected chi connectivity index (χ2v) is 7.72. The van der Waals surface area contributed by atoms with Gasteiger partial charge in [-0.15, -0.1) is 0 Å². The molecule has 4 rings (SSSR count). The normalized spacial score (nSPS) is 11.6. The molecular weight excluding hydrogens is 436 g/mol. The van der Waals surface area contributed by atoms with Crippen LogP contribution in [-0.4, -0.2) is 25.5 Å². The minimum atomic E-state index is -0.713. The molecule has 32 heavy (non-hydrogen) atoms. The molecule has 0 amide bonds. The molecule has 0 saturated carbocycles. The van der Waals surface area contributed by atoms with E-state index < -0.39 is 22.0 Å². The maximum Gasteiger partial charge on any atom is 0.311 e. The van der Waals surface area contributed by atoms with Gasteiger partial charge in [-0.3, -0.25) is 24.5 Å². The van der Waals surface area contributed by atoms with Crippen LogP contribution >= 0.6 is 11.3 Å². The summed E-state index contributed by atoms with van der Waals surface area (Å²) in [6, 6.07) is 13.1. The lowest BCUT2D eigenvalue weighted by Crippen LogP contribution is -2.28. The lowest BCUT2D eigenvalue weighted by molar-refractivity contribution is -0.385. The molecule has 2 heterocycles. The molecule has 10 nitrogen and oxygen atoms in total. The number of benzene rings is 2. The third kappa shape index (κ3) is 4.27. The van der Waals surface area contributed by atoms with Crippen molar-refractivity contribution in [2.24, 2.45) is 0 Å². The highest BCUT2D eigenvalue weighted by molar-refractivity contribution is 7.15. The fourth-order valence-electron chi connectivity index (χ4n) is 3.00. The van der Waals surface area contributed by atoms with Crippen LogP contribution in [0, 0.1) is 10.1 Å². The summed E-state index contributed by atoms with van der Waals surface area (Å²) in [7, 11) is 0. The largest absolute Gasteiger partial charge is 0.419 e. The minimum Gasteiger partial charge on any atom is -0.419 e. The number of carbonyl (C=O) groups is 1. The summed E-state index contributed by atoms with van der Waals surface area (Å²) < 4.78 is 6.19. The van der Waals surface area contributed by atoms with Crippen LogP contribution in [-0.2, 0) is 11.2 Å². The fourth-order valence-corrected chi connectivity index (χ4v) is 3.90. The van der Waals surface area contributed by atoms with E-state index in [0.717, 1.165) is 28.3 Å². The summed E-state index contributed by atoms with van der Waals surface area (Å²) in [5.74, 6) is -0.949. The highest BCUT2D eigenvalue weighted by atomic mass is 32.1. The van der Waals surface area contributed by atoms with E-state index in [9.17, 15) is 24.5 Å². The highest BCUT2D eigenvalue weighted by Gasteiger charge is 2.17. The van der Waals surface area contributed by atoms with Crippen molar-refractivity contribution >= 4 is 34.0 Å².